The van der Waals surface area contributed by atoms with Gasteiger partial charge in [0.15, 0.2) is 5.65 Å². The molecule has 5 heterocycles. The molecule has 4 aromatic rings. The number of carbonyl (C=O) groups is 1. The summed E-state index contributed by atoms with van der Waals surface area (Å²) in [4.78, 5) is 22.9. The maximum absolute atomic E-state index is 15.5. The second kappa shape index (κ2) is 9.50. The van der Waals surface area contributed by atoms with Crippen LogP contribution < -0.4 is 5.46 Å². The first-order valence-corrected chi connectivity index (χ1v) is 14.7. The highest BCUT2D eigenvalue weighted by Crippen LogP contribution is 2.37. The first-order chi connectivity index (χ1) is 18.9. The normalized spacial score (nSPS) is 19.9. The van der Waals surface area contributed by atoms with Gasteiger partial charge in [0.25, 0.3) is 5.91 Å². The zero-order valence-electron chi connectivity index (χ0n) is 24.0. The van der Waals surface area contributed by atoms with Crippen molar-refractivity contribution in [2.45, 2.75) is 78.6 Å². The Hall–Kier alpha value is -3.08. The number of benzene rings is 1. The molecule has 6 rings (SSSR count). The minimum Gasteiger partial charge on any atom is -0.399 e. The van der Waals surface area contributed by atoms with Gasteiger partial charge in [0.1, 0.15) is 11.5 Å². The van der Waals surface area contributed by atoms with Crippen molar-refractivity contribution >= 4 is 35.5 Å². The van der Waals surface area contributed by atoms with Crippen molar-refractivity contribution in [3.63, 3.8) is 0 Å². The Morgan fingerprint density at radius 1 is 1.15 bits per heavy atom. The monoisotopic (exact) mass is 560 g/mol. The van der Waals surface area contributed by atoms with Crippen LogP contribution in [-0.2, 0) is 22.2 Å². The molecule has 2 aliphatic heterocycles. The summed E-state index contributed by atoms with van der Waals surface area (Å²) in [6.45, 7) is 14.7. The molecule has 7 nitrogen and oxygen atoms in total. The Morgan fingerprint density at radius 3 is 2.55 bits per heavy atom. The SMILES string of the molecule is CCc1cc(C(=O)N2CCc3sc(C)cc3C2C)nc2cc(-c3ccc(B4OC(C)(C)C(C)(C)O4)cc3F)nn12. The largest absolute Gasteiger partial charge is 0.494 e. The quantitative estimate of drug-likeness (QED) is 0.307. The van der Waals surface area contributed by atoms with Crippen LogP contribution in [0.1, 0.15) is 79.1 Å². The number of hydrogen-bond donors (Lipinski definition) is 0. The molecular weight excluding hydrogens is 526 g/mol. The molecule has 1 unspecified atom stereocenters. The van der Waals surface area contributed by atoms with Gasteiger partial charge in [-0.3, -0.25) is 4.79 Å². The summed E-state index contributed by atoms with van der Waals surface area (Å²) in [5.41, 5.74) is 3.36. The number of nitrogens with zero attached hydrogens (tertiary/aromatic N) is 4. The lowest BCUT2D eigenvalue weighted by atomic mass is 9.78. The molecule has 40 heavy (non-hydrogen) atoms. The number of rotatable bonds is 4. The predicted octanol–water partition coefficient (Wildman–Crippen LogP) is 5.53. The lowest BCUT2D eigenvalue weighted by molar-refractivity contribution is 0.00578. The van der Waals surface area contributed by atoms with Crippen LogP contribution in [0.25, 0.3) is 16.9 Å². The molecule has 0 saturated carbocycles. The molecule has 208 valence electrons. The molecule has 1 saturated heterocycles. The summed E-state index contributed by atoms with van der Waals surface area (Å²) in [7, 11) is -0.650. The van der Waals surface area contributed by atoms with Crippen molar-refractivity contribution in [1.82, 2.24) is 19.5 Å². The molecule has 3 aromatic heterocycles. The van der Waals surface area contributed by atoms with Crippen LogP contribution in [-0.4, -0.2) is 50.3 Å². The van der Waals surface area contributed by atoms with Gasteiger partial charge in [-0.1, -0.05) is 19.1 Å². The van der Waals surface area contributed by atoms with Crippen molar-refractivity contribution in [2.75, 3.05) is 6.54 Å². The van der Waals surface area contributed by atoms with E-state index < -0.39 is 24.1 Å². The second-order valence-corrected chi connectivity index (χ2v) is 13.1. The minimum atomic E-state index is -0.650. The summed E-state index contributed by atoms with van der Waals surface area (Å²) in [5, 5.41) is 4.68. The molecule has 0 radical (unpaired) electrons. The number of aryl methyl sites for hydroxylation is 2. The third-order valence-electron chi connectivity index (χ3n) is 8.60. The van der Waals surface area contributed by atoms with Gasteiger partial charge in [-0.25, -0.2) is 13.9 Å². The molecule has 1 amide bonds. The number of fused-ring (bicyclic) bond motifs is 2. The summed E-state index contributed by atoms with van der Waals surface area (Å²) in [5.74, 6) is -0.520. The van der Waals surface area contributed by atoms with Crippen LogP contribution in [0, 0.1) is 12.7 Å². The zero-order chi connectivity index (χ0) is 28.6. The van der Waals surface area contributed by atoms with E-state index in [1.54, 1.807) is 16.6 Å². The molecule has 1 fully saturated rings. The van der Waals surface area contributed by atoms with Crippen LogP contribution in [0.3, 0.4) is 0 Å². The molecule has 0 spiro atoms. The van der Waals surface area contributed by atoms with Crippen molar-refractivity contribution in [3.8, 4) is 11.3 Å². The average molecular weight is 561 g/mol. The van der Waals surface area contributed by atoms with Gasteiger partial charge in [-0.05, 0) is 83.6 Å². The fourth-order valence-corrected chi connectivity index (χ4v) is 6.65. The van der Waals surface area contributed by atoms with E-state index in [0.29, 0.717) is 41.0 Å². The predicted molar refractivity (Wildman–Crippen MR) is 156 cm³/mol. The first-order valence-electron chi connectivity index (χ1n) is 13.8. The Labute approximate surface area is 238 Å². The molecule has 10 heteroatoms. The summed E-state index contributed by atoms with van der Waals surface area (Å²) < 4.78 is 29.3. The number of thiophene rings is 1. The highest BCUT2D eigenvalue weighted by molar-refractivity contribution is 7.12. The van der Waals surface area contributed by atoms with E-state index in [2.05, 4.69) is 25.0 Å². The van der Waals surface area contributed by atoms with E-state index in [1.165, 1.54) is 21.4 Å². The van der Waals surface area contributed by atoms with Crippen LogP contribution in [0.5, 0.6) is 0 Å². The van der Waals surface area contributed by atoms with Crippen LogP contribution in [0.2, 0.25) is 0 Å². The smallest absolute Gasteiger partial charge is 0.399 e. The number of amides is 1. The highest BCUT2D eigenvalue weighted by atomic mass is 32.1. The van der Waals surface area contributed by atoms with E-state index >= 15 is 4.39 Å². The fourth-order valence-electron chi connectivity index (χ4n) is 5.53. The highest BCUT2D eigenvalue weighted by Gasteiger charge is 2.51. The van der Waals surface area contributed by atoms with Crippen molar-refractivity contribution in [1.29, 1.82) is 0 Å². The van der Waals surface area contributed by atoms with Crippen molar-refractivity contribution in [3.05, 3.63) is 68.9 Å². The first kappa shape index (κ1) is 27.1. The lowest BCUT2D eigenvalue weighted by Crippen LogP contribution is -2.41. The third kappa shape index (κ3) is 4.37. The number of hydrogen-bond acceptors (Lipinski definition) is 6. The Kier molecular flexibility index (Phi) is 6.44. The maximum Gasteiger partial charge on any atom is 0.494 e. The van der Waals surface area contributed by atoms with E-state index in [-0.39, 0.29) is 11.9 Å². The van der Waals surface area contributed by atoms with Crippen molar-refractivity contribution in [2.24, 2.45) is 0 Å². The fraction of sp³-hybridized carbons (Fsp3) is 0.433. The Morgan fingerprint density at radius 2 is 1.88 bits per heavy atom. The molecule has 0 aliphatic carbocycles. The van der Waals surface area contributed by atoms with Gasteiger partial charge in [0.05, 0.1) is 22.9 Å². The third-order valence-corrected chi connectivity index (χ3v) is 9.73. The van der Waals surface area contributed by atoms with E-state index in [4.69, 9.17) is 14.3 Å². The summed E-state index contributed by atoms with van der Waals surface area (Å²) in [6, 6.07) is 10.7. The Bertz CT molecular complexity index is 1630. The standard InChI is InChI=1S/C30H34BFN4O3S/c1-8-20-15-25(28(37)35-12-11-26-22(18(35)3)13-17(2)40-26)33-27-16-24(34-36(20)27)21-10-9-19(14-23(21)32)31-38-29(4,5)30(6,7)39-31/h9-10,13-16,18H,8,11-12H2,1-7H3. The van der Waals surface area contributed by atoms with Crippen LogP contribution >= 0.6 is 11.3 Å². The van der Waals surface area contributed by atoms with E-state index in [0.717, 1.165) is 12.1 Å². The van der Waals surface area contributed by atoms with Crippen LogP contribution in [0.4, 0.5) is 4.39 Å². The zero-order valence-corrected chi connectivity index (χ0v) is 24.9. The van der Waals surface area contributed by atoms with Crippen LogP contribution in [0.15, 0.2) is 36.4 Å². The summed E-state index contributed by atoms with van der Waals surface area (Å²) >= 11 is 1.81. The van der Waals surface area contributed by atoms with Gasteiger partial charge in [-0.15, -0.1) is 11.3 Å². The molecule has 2 aliphatic rings. The molecular formula is C30H34BFN4O3S. The topological polar surface area (TPSA) is 69.0 Å². The summed E-state index contributed by atoms with van der Waals surface area (Å²) in [6.07, 6.45) is 1.50. The maximum atomic E-state index is 15.5. The molecule has 1 atom stereocenters. The number of halogens is 1. The van der Waals surface area contributed by atoms with Gasteiger partial charge in [-0.2, -0.15) is 5.10 Å². The van der Waals surface area contributed by atoms with Gasteiger partial charge in [0, 0.05) is 33.6 Å². The van der Waals surface area contributed by atoms with Gasteiger partial charge < -0.3 is 14.2 Å². The molecule has 1 aromatic carbocycles. The van der Waals surface area contributed by atoms with Gasteiger partial charge >= 0.3 is 7.12 Å². The van der Waals surface area contributed by atoms with Crippen molar-refractivity contribution < 1.29 is 18.5 Å². The molecule has 0 N–H and O–H groups in total. The van der Waals surface area contributed by atoms with E-state index in [1.807, 2.05) is 63.0 Å². The average Bonchev–Trinajstić information content (AvgIpc) is 3.56. The lowest BCUT2D eigenvalue weighted by Gasteiger charge is -2.33. The second-order valence-electron chi connectivity index (χ2n) is 11.8. The number of aromatic nitrogens is 3. The Balaban J connectivity index is 1.31. The molecule has 0 bridgehead atoms. The number of carbonyl (C=O) groups excluding carboxylic acids is 1. The van der Waals surface area contributed by atoms with E-state index in [9.17, 15) is 4.79 Å². The minimum absolute atomic E-state index is 0.0126. The van der Waals surface area contributed by atoms with Gasteiger partial charge in [0.2, 0.25) is 0 Å².